The molecule has 18 heavy (non-hydrogen) atoms. The van der Waals surface area contributed by atoms with Crippen LogP contribution in [0.4, 0.5) is 0 Å². The molecule has 0 radical (unpaired) electrons. The largest absolute Gasteiger partial charge is 0.303 e. The zero-order chi connectivity index (χ0) is 12.8. The Morgan fingerprint density at radius 2 is 1.72 bits per heavy atom. The molecule has 0 spiro atoms. The third-order valence-electron chi connectivity index (χ3n) is 3.35. The highest BCUT2D eigenvalue weighted by Crippen LogP contribution is 2.27. The Morgan fingerprint density at radius 1 is 1.00 bits per heavy atom. The lowest BCUT2D eigenvalue weighted by molar-refractivity contribution is 0.450. The summed E-state index contributed by atoms with van der Waals surface area (Å²) in [7, 11) is 0. The maximum Gasteiger partial charge on any atom is 0.0673 e. The quantitative estimate of drug-likeness (QED) is 0.798. The van der Waals surface area contributed by atoms with Gasteiger partial charge in [-0.3, -0.25) is 0 Å². The third-order valence-corrected chi connectivity index (χ3v) is 4.29. The first kappa shape index (κ1) is 13.3. The molecule has 0 aliphatic rings. The molecule has 2 aromatic rings. The molecule has 0 bridgehead atoms. The number of hydrogen-bond donors (Lipinski definition) is 1. The standard InChI is InChI=1S/C16H21NS/c1-3-14(4-2)17-16(15-11-8-12-18-15)13-9-6-5-7-10-13/h5-12,14,16-17H,3-4H2,1-2H3. The van der Waals surface area contributed by atoms with Crippen molar-refractivity contribution in [3.63, 3.8) is 0 Å². The lowest BCUT2D eigenvalue weighted by atomic mass is 10.0. The second-order valence-corrected chi connectivity index (χ2v) is 5.52. The second-order valence-electron chi connectivity index (χ2n) is 4.54. The van der Waals surface area contributed by atoms with Crippen LogP contribution in [0.1, 0.15) is 43.2 Å². The zero-order valence-electron chi connectivity index (χ0n) is 11.1. The van der Waals surface area contributed by atoms with Gasteiger partial charge >= 0.3 is 0 Å². The molecule has 0 fully saturated rings. The lowest BCUT2D eigenvalue weighted by Gasteiger charge is -2.24. The van der Waals surface area contributed by atoms with Crippen molar-refractivity contribution >= 4 is 11.3 Å². The van der Waals surface area contributed by atoms with Gasteiger partial charge in [-0.15, -0.1) is 11.3 Å². The van der Waals surface area contributed by atoms with E-state index < -0.39 is 0 Å². The van der Waals surface area contributed by atoms with Crippen LogP contribution in [0.3, 0.4) is 0 Å². The van der Waals surface area contributed by atoms with E-state index in [1.54, 1.807) is 0 Å². The summed E-state index contributed by atoms with van der Waals surface area (Å²) in [6.45, 7) is 4.50. The number of benzene rings is 1. The fourth-order valence-electron chi connectivity index (χ4n) is 2.20. The fraction of sp³-hybridized carbons (Fsp3) is 0.375. The van der Waals surface area contributed by atoms with Crippen molar-refractivity contribution in [1.29, 1.82) is 0 Å². The van der Waals surface area contributed by atoms with Crippen molar-refractivity contribution in [3.8, 4) is 0 Å². The van der Waals surface area contributed by atoms with Crippen molar-refractivity contribution in [1.82, 2.24) is 5.32 Å². The van der Waals surface area contributed by atoms with Crippen molar-refractivity contribution in [2.24, 2.45) is 0 Å². The van der Waals surface area contributed by atoms with E-state index in [0.717, 1.165) is 0 Å². The van der Waals surface area contributed by atoms with Crippen molar-refractivity contribution in [3.05, 3.63) is 58.3 Å². The molecular weight excluding hydrogens is 238 g/mol. The van der Waals surface area contributed by atoms with Crippen LogP contribution < -0.4 is 5.32 Å². The molecule has 0 amide bonds. The summed E-state index contributed by atoms with van der Waals surface area (Å²) in [5, 5.41) is 5.94. The van der Waals surface area contributed by atoms with Crippen LogP contribution in [-0.2, 0) is 0 Å². The first-order valence-electron chi connectivity index (χ1n) is 6.69. The Hall–Kier alpha value is -1.12. The number of hydrogen-bond acceptors (Lipinski definition) is 2. The van der Waals surface area contributed by atoms with E-state index in [9.17, 15) is 0 Å². The Kier molecular flexibility index (Phi) is 4.97. The molecular formula is C16H21NS. The van der Waals surface area contributed by atoms with Gasteiger partial charge in [-0.25, -0.2) is 0 Å². The normalized spacial score (nSPS) is 12.8. The molecule has 0 saturated heterocycles. The van der Waals surface area contributed by atoms with E-state index in [2.05, 4.69) is 67.0 Å². The highest BCUT2D eigenvalue weighted by Gasteiger charge is 2.17. The SMILES string of the molecule is CCC(CC)NC(c1ccccc1)c1cccs1. The summed E-state index contributed by atoms with van der Waals surface area (Å²) < 4.78 is 0. The topological polar surface area (TPSA) is 12.0 Å². The van der Waals surface area contributed by atoms with Crippen LogP contribution in [0.2, 0.25) is 0 Å². The monoisotopic (exact) mass is 259 g/mol. The van der Waals surface area contributed by atoms with Crippen LogP contribution in [0.5, 0.6) is 0 Å². The predicted octanol–water partition coefficient (Wildman–Crippen LogP) is 4.62. The molecule has 0 aliphatic heterocycles. The van der Waals surface area contributed by atoms with Crippen LogP contribution in [0, 0.1) is 0 Å². The molecule has 1 unspecified atom stereocenters. The minimum absolute atomic E-state index is 0.330. The van der Waals surface area contributed by atoms with Crippen LogP contribution in [-0.4, -0.2) is 6.04 Å². The van der Waals surface area contributed by atoms with Gasteiger partial charge in [0.2, 0.25) is 0 Å². The minimum Gasteiger partial charge on any atom is -0.303 e. The van der Waals surface area contributed by atoms with Gasteiger partial charge in [0.05, 0.1) is 6.04 Å². The highest BCUT2D eigenvalue weighted by molar-refractivity contribution is 7.10. The van der Waals surface area contributed by atoms with E-state index >= 15 is 0 Å². The number of nitrogens with one attached hydrogen (secondary N) is 1. The van der Waals surface area contributed by atoms with Crippen LogP contribution >= 0.6 is 11.3 Å². The average molecular weight is 259 g/mol. The summed E-state index contributed by atoms with van der Waals surface area (Å²) in [6, 6.07) is 16.0. The van der Waals surface area contributed by atoms with E-state index in [0.29, 0.717) is 12.1 Å². The summed E-state index contributed by atoms with van der Waals surface area (Å²) in [4.78, 5) is 1.40. The van der Waals surface area contributed by atoms with E-state index in [4.69, 9.17) is 0 Å². The van der Waals surface area contributed by atoms with Gasteiger partial charge in [0.15, 0.2) is 0 Å². The molecule has 2 rings (SSSR count). The first-order chi connectivity index (χ1) is 8.85. The summed E-state index contributed by atoms with van der Waals surface area (Å²) in [5.74, 6) is 0. The van der Waals surface area contributed by atoms with Gasteiger partial charge < -0.3 is 5.32 Å². The molecule has 1 aromatic carbocycles. The molecule has 0 aliphatic carbocycles. The summed E-state index contributed by atoms with van der Waals surface area (Å²) in [5.41, 5.74) is 1.35. The van der Waals surface area contributed by atoms with Gasteiger partial charge in [-0.2, -0.15) is 0 Å². The molecule has 1 aromatic heterocycles. The number of rotatable bonds is 6. The second kappa shape index (κ2) is 6.72. The predicted molar refractivity (Wildman–Crippen MR) is 80.1 cm³/mol. The molecule has 1 N–H and O–H groups in total. The molecule has 1 heterocycles. The van der Waals surface area contributed by atoms with E-state index in [-0.39, 0.29) is 0 Å². The molecule has 1 nitrogen and oxygen atoms in total. The third kappa shape index (κ3) is 3.21. The van der Waals surface area contributed by atoms with Gasteiger partial charge in [-0.05, 0) is 29.9 Å². The first-order valence-corrected chi connectivity index (χ1v) is 7.57. The van der Waals surface area contributed by atoms with Gasteiger partial charge in [0.1, 0.15) is 0 Å². The molecule has 0 saturated carbocycles. The minimum atomic E-state index is 0.330. The van der Waals surface area contributed by atoms with Crippen LogP contribution in [0.15, 0.2) is 47.8 Å². The number of thiophene rings is 1. The van der Waals surface area contributed by atoms with Crippen molar-refractivity contribution in [2.75, 3.05) is 0 Å². The smallest absolute Gasteiger partial charge is 0.0673 e. The van der Waals surface area contributed by atoms with Crippen LogP contribution in [0.25, 0.3) is 0 Å². The Bertz CT molecular complexity index is 431. The molecule has 96 valence electrons. The fourth-order valence-corrected chi connectivity index (χ4v) is 3.02. The Balaban J connectivity index is 2.24. The van der Waals surface area contributed by atoms with E-state index in [1.165, 1.54) is 23.3 Å². The Labute approximate surface area is 114 Å². The molecule has 1 atom stereocenters. The summed E-state index contributed by atoms with van der Waals surface area (Å²) >= 11 is 1.83. The Morgan fingerprint density at radius 3 is 2.28 bits per heavy atom. The summed E-state index contributed by atoms with van der Waals surface area (Å²) in [6.07, 6.45) is 2.34. The van der Waals surface area contributed by atoms with Crippen molar-refractivity contribution < 1.29 is 0 Å². The maximum absolute atomic E-state index is 3.78. The highest BCUT2D eigenvalue weighted by atomic mass is 32.1. The average Bonchev–Trinajstić information content (AvgIpc) is 2.95. The zero-order valence-corrected chi connectivity index (χ0v) is 11.9. The maximum atomic E-state index is 3.78. The van der Waals surface area contributed by atoms with Crippen molar-refractivity contribution in [2.45, 2.75) is 38.8 Å². The van der Waals surface area contributed by atoms with E-state index in [1.807, 2.05) is 11.3 Å². The lowest BCUT2D eigenvalue weighted by Crippen LogP contribution is -2.32. The van der Waals surface area contributed by atoms with Gasteiger partial charge in [0, 0.05) is 10.9 Å². The van der Waals surface area contributed by atoms with Gasteiger partial charge in [-0.1, -0.05) is 50.2 Å². The van der Waals surface area contributed by atoms with Gasteiger partial charge in [0.25, 0.3) is 0 Å². The molecule has 2 heteroatoms.